The number of benzene rings is 2. The van der Waals surface area contributed by atoms with Gasteiger partial charge in [-0.15, -0.1) is 0 Å². The molecule has 0 bridgehead atoms. The molecule has 0 saturated heterocycles. The molecule has 0 aliphatic heterocycles. The first-order chi connectivity index (χ1) is 18.2. The topological polar surface area (TPSA) is 65.2 Å². The van der Waals surface area contributed by atoms with E-state index in [1.165, 1.54) is 11.1 Å². The SMILES string of the molecule is CC(C)(C)c1cc(C=N[C@H]2CCCC[C@@H]2N=Cc2cc(C(C)(C)C)cc(C(C)(C)C)c2O)c(O)c(C(C)(C)C)c1.[Co]. The molecule has 2 aromatic carbocycles. The molecule has 1 aliphatic carbocycles. The molecule has 41 heavy (non-hydrogen) atoms. The molecule has 1 fully saturated rings. The first-order valence-corrected chi connectivity index (χ1v) is 15.0. The van der Waals surface area contributed by atoms with Gasteiger partial charge >= 0.3 is 0 Å². The summed E-state index contributed by atoms with van der Waals surface area (Å²) in [5, 5.41) is 22.5. The molecule has 2 aromatic rings. The summed E-state index contributed by atoms with van der Waals surface area (Å²) in [6.45, 7) is 26.0. The summed E-state index contributed by atoms with van der Waals surface area (Å²) >= 11 is 0. The van der Waals surface area contributed by atoms with Crippen LogP contribution in [0.2, 0.25) is 0 Å². The van der Waals surface area contributed by atoms with Gasteiger partial charge in [-0.25, -0.2) is 0 Å². The van der Waals surface area contributed by atoms with Gasteiger partial charge in [0.2, 0.25) is 0 Å². The predicted octanol–water partition coefficient (Wildman–Crippen LogP) is 9.13. The summed E-state index contributed by atoms with van der Waals surface area (Å²) < 4.78 is 0. The van der Waals surface area contributed by atoms with Gasteiger partial charge in [0.05, 0.1) is 12.1 Å². The van der Waals surface area contributed by atoms with E-state index in [4.69, 9.17) is 9.98 Å². The predicted molar refractivity (Wildman–Crippen MR) is 172 cm³/mol. The zero-order valence-corrected chi connectivity index (χ0v) is 28.6. The standard InChI is InChI=1S/C36H54N2O2.Co/c1-33(2,3)25-17-23(31(39)27(19-25)35(7,8)9)21-37-29-15-13-14-16-30(29)38-22-24-18-26(34(4,5)6)20-28(32(24)40)36(10,11)12;/h17-22,29-30,39-40H,13-16H2,1-12H3;/t29-,30-;/m0./s1. The van der Waals surface area contributed by atoms with Crippen LogP contribution in [0.3, 0.4) is 0 Å². The number of nitrogens with zero attached hydrogens (tertiary/aromatic N) is 2. The van der Waals surface area contributed by atoms with Gasteiger partial charge in [0.1, 0.15) is 11.5 Å². The van der Waals surface area contributed by atoms with Gasteiger partial charge in [-0.05, 0) is 57.8 Å². The van der Waals surface area contributed by atoms with Crippen molar-refractivity contribution in [3.8, 4) is 11.5 Å². The number of phenols is 2. The normalized spacial score (nSPS) is 19.1. The van der Waals surface area contributed by atoms with Crippen molar-refractivity contribution < 1.29 is 27.0 Å². The molecule has 0 unspecified atom stereocenters. The van der Waals surface area contributed by atoms with E-state index in [0.29, 0.717) is 11.5 Å². The Morgan fingerprint density at radius 2 is 0.878 bits per heavy atom. The fourth-order valence-corrected chi connectivity index (χ4v) is 5.31. The quantitative estimate of drug-likeness (QED) is 0.342. The van der Waals surface area contributed by atoms with E-state index in [2.05, 4.69) is 107 Å². The second-order valence-electron chi connectivity index (χ2n) is 15.9. The van der Waals surface area contributed by atoms with Crippen molar-refractivity contribution in [2.45, 2.75) is 143 Å². The third-order valence-electron chi connectivity index (χ3n) is 8.13. The van der Waals surface area contributed by atoms with Crippen LogP contribution in [-0.2, 0) is 38.4 Å². The Morgan fingerprint density at radius 1 is 0.561 bits per heavy atom. The molecule has 0 amide bonds. The van der Waals surface area contributed by atoms with E-state index in [1.807, 2.05) is 12.4 Å². The van der Waals surface area contributed by atoms with Crippen molar-refractivity contribution in [1.82, 2.24) is 0 Å². The first-order valence-electron chi connectivity index (χ1n) is 15.0. The van der Waals surface area contributed by atoms with E-state index in [0.717, 1.165) is 47.9 Å². The summed E-state index contributed by atoms with van der Waals surface area (Å²) in [7, 11) is 0. The van der Waals surface area contributed by atoms with Gasteiger partial charge < -0.3 is 10.2 Å². The van der Waals surface area contributed by atoms with Crippen molar-refractivity contribution >= 4 is 12.4 Å². The molecule has 229 valence electrons. The molecular formula is C36H54CoN2O2. The summed E-state index contributed by atoms with van der Waals surface area (Å²) in [6, 6.07) is 8.53. The number of hydrogen-bond donors (Lipinski definition) is 2. The molecule has 5 heteroatoms. The largest absolute Gasteiger partial charge is 0.507 e. The van der Waals surface area contributed by atoms with Crippen molar-refractivity contribution in [2.75, 3.05) is 0 Å². The Hall–Kier alpha value is -2.11. The van der Waals surface area contributed by atoms with Crippen molar-refractivity contribution in [1.29, 1.82) is 0 Å². The van der Waals surface area contributed by atoms with E-state index in [1.54, 1.807) is 0 Å². The second-order valence-corrected chi connectivity index (χ2v) is 15.9. The fourth-order valence-electron chi connectivity index (χ4n) is 5.31. The average molecular weight is 606 g/mol. The molecule has 0 spiro atoms. The number of aliphatic imine (C=N–C) groups is 2. The molecule has 1 saturated carbocycles. The van der Waals surface area contributed by atoms with Gasteiger partial charge in [0.25, 0.3) is 0 Å². The maximum absolute atomic E-state index is 11.2. The zero-order chi connectivity index (χ0) is 30.3. The minimum atomic E-state index is -0.179. The van der Waals surface area contributed by atoms with Crippen LogP contribution in [-0.4, -0.2) is 34.7 Å². The Balaban J connectivity index is 0.00000588. The summed E-state index contributed by atoms with van der Waals surface area (Å²) in [6.07, 6.45) is 7.90. The van der Waals surface area contributed by atoms with E-state index in [9.17, 15) is 10.2 Å². The molecule has 2 N–H and O–H groups in total. The van der Waals surface area contributed by atoms with Gasteiger partial charge in [0.15, 0.2) is 0 Å². The monoisotopic (exact) mass is 605 g/mol. The van der Waals surface area contributed by atoms with Crippen LogP contribution in [0.25, 0.3) is 0 Å². The third kappa shape index (κ3) is 8.70. The number of rotatable bonds is 4. The molecule has 2 atom stereocenters. The molecule has 4 nitrogen and oxygen atoms in total. The van der Waals surface area contributed by atoms with Crippen LogP contribution in [0.4, 0.5) is 0 Å². The molecule has 0 heterocycles. The summed E-state index contributed by atoms with van der Waals surface area (Å²) in [5.74, 6) is 0.637. The third-order valence-corrected chi connectivity index (χ3v) is 8.13. The first kappa shape index (κ1) is 35.1. The smallest absolute Gasteiger partial charge is 0.128 e. The Bertz CT molecular complexity index is 1170. The van der Waals surface area contributed by atoms with E-state index in [-0.39, 0.29) is 50.5 Å². The van der Waals surface area contributed by atoms with Crippen LogP contribution in [0.5, 0.6) is 11.5 Å². The van der Waals surface area contributed by atoms with E-state index < -0.39 is 0 Å². The Morgan fingerprint density at radius 3 is 1.15 bits per heavy atom. The summed E-state index contributed by atoms with van der Waals surface area (Å²) in [4.78, 5) is 10.1. The minimum Gasteiger partial charge on any atom is -0.507 e. The molecule has 1 aliphatic rings. The molecule has 1 radical (unpaired) electrons. The molecular weight excluding hydrogens is 551 g/mol. The number of hydrogen-bond acceptors (Lipinski definition) is 4. The van der Waals surface area contributed by atoms with Crippen LogP contribution < -0.4 is 0 Å². The second kappa shape index (κ2) is 12.6. The van der Waals surface area contributed by atoms with E-state index >= 15 is 0 Å². The maximum atomic E-state index is 11.2. The van der Waals surface area contributed by atoms with Crippen LogP contribution in [0, 0.1) is 0 Å². The summed E-state index contributed by atoms with van der Waals surface area (Å²) in [5.41, 5.74) is 5.39. The van der Waals surface area contributed by atoms with Crippen LogP contribution in [0.15, 0.2) is 34.3 Å². The Kier molecular flexibility index (Phi) is 10.8. The van der Waals surface area contributed by atoms with Crippen molar-refractivity contribution in [2.24, 2.45) is 9.98 Å². The van der Waals surface area contributed by atoms with Crippen molar-refractivity contribution in [3.05, 3.63) is 57.6 Å². The number of phenolic OH excluding ortho intramolecular Hbond substituents is 2. The fraction of sp³-hybridized carbons (Fsp3) is 0.611. The van der Waals surface area contributed by atoms with Gasteiger partial charge in [-0.1, -0.05) is 108 Å². The minimum absolute atomic E-state index is 0. The van der Waals surface area contributed by atoms with Crippen LogP contribution >= 0.6 is 0 Å². The van der Waals surface area contributed by atoms with Crippen LogP contribution in [0.1, 0.15) is 142 Å². The van der Waals surface area contributed by atoms with Gasteiger partial charge in [-0.3, -0.25) is 9.98 Å². The van der Waals surface area contributed by atoms with Gasteiger partial charge in [0, 0.05) is 51.5 Å². The van der Waals surface area contributed by atoms with Crippen molar-refractivity contribution in [3.63, 3.8) is 0 Å². The maximum Gasteiger partial charge on any atom is 0.128 e. The molecule has 3 rings (SSSR count). The molecule has 0 aromatic heterocycles. The average Bonchev–Trinajstić information content (AvgIpc) is 2.80. The number of aromatic hydroxyl groups is 2. The zero-order valence-electron chi connectivity index (χ0n) is 27.6. The van der Waals surface area contributed by atoms with Gasteiger partial charge in [-0.2, -0.15) is 0 Å². The Labute approximate surface area is 260 Å².